The van der Waals surface area contributed by atoms with Crippen LogP contribution in [0, 0.1) is 0 Å². The summed E-state index contributed by atoms with van der Waals surface area (Å²) >= 11 is 3.51. The molecule has 0 unspecified atom stereocenters. The molecule has 4 heteroatoms. The third-order valence-electron chi connectivity index (χ3n) is 2.26. The van der Waals surface area contributed by atoms with Crippen molar-refractivity contribution in [1.82, 2.24) is 4.98 Å². The molecule has 0 radical (unpaired) electrons. The molecule has 1 aromatic heterocycles. The molecule has 3 nitrogen and oxygen atoms in total. The zero-order chi connectivity index (χ0) is 11.4. The van der Waals surface area contributed by atoms with Crippen molar-refractivity contribution in [3.8, 4) is 0 Å². The molecule has 0 amide bonds. The highest BCUT2D eigenvalue weighted by Gasteiger charge is 2.03. The molecule has 0 aliphatic rings. The number of para-hydroxylation sites is 1. The van der Waals surface area contributed by atoms with Crippen LogP contribution in [0.5, 0.6) is 0 Å². The molecule has 0 atom stereocenters. The van der Waals surface area contributed by atoms with Gasteiger partial charge in [0.05, 0.1) is 12.1 Å². The number of carbonyl (C=O) groups is 1. The third kappa shape index (κ3) is 2.39. The van der Waals surface area contributed by atoms with Gasteiger partial charge in [-0.2, -0.15) is 0 Å². The van der Waals surface area contributed by atoms with E-state index < -0.39 is 0 Å². The molecule has 2 rings (SSSR count). The summed E-state index contributed by atoms with van der Waals surface area (Å²) in [6, 6.07) is 9.86. The highest BCUT2D eigenvalue weighted by atomic mass is 79.9. The molecule has 0 saturated heterocycles. The van der Waals surface area contributed by atoms with Crippen molar-refractivity contribution in [3.63, 3.8) is 0 Å². The Morgan fingerprint density at radius 1 is 1.38 bits per heavy atom. The van der Waals surface area contributed by atoms with Gasteiger partial charge in [0.25, 0.3) is 6.47 Å². The van der Waals surface area contributed by atoms with Crippen molar-refractivity contribution in [2.24, 2.45) is 0 Å². The van der Waals surface area contributed by atoms with E-state index in [0.717, 1.165) is 21.1 Å². The Balaban J connectivity index is 2.30. The highest BCUT2D eigenvalue weighted by Crippen LogP contribution is 2.23. The van der Waals surface area contributed by atoms with E-state index in [2.05, 4.69) is 25.7 Å². The maximum Gasteiger partial charge on any atom is 0.293 e. The summed E-state index contributed by atoms with van der Waals surface area (Å²) in [6.07, 6.45) is 0.627. The molecular weight excluding hydrogens is 270 g/mol. The molecule has 82 valence electrons. The third-order valence-corrected chi connectivity index (χ3v) is 2.92. The van der Waals surface area contributed by atoms with Crippen LogP contribution in [0.3, 0.4) is 0 Å². The molecular formula is C12H10BrNO2. The first kappa shape index (κ1) is 11.1. The van der Waals surface area contributed by atoms with Crippen molar-refractivity contribution < 1.29 is 9.53 Å². The van der Waals surface area contributed by atoms with E-state index in [4.69, 9.17) is 0 Å². The number of rotatable bonds is 4. The first-order valence-electron chi connectivity index (χ1n) is 4.90. The van der Waals surface area contributed by atoms with Gasteiger partial charge in [0.2, 0.25) is 0 Å². The molecule has 1 heterocycles. The molecule has 2 aromatic rings. The number of carbonyl (C=O) groups excluding carboxylic acids is 1. The van der Waals surface area contributed by atoms with Gasteiger partial charge in [0, 0.05) is 22.0 Å². The largest absolute Gasteiger partial charge is 0.467 e. The van der Waals surface area contributed by atoms with E-state index in [1.165, 1.54) is 0 Å². The van der Waals surface area contributed by atoms with Gasteiger partial charge in [-0.3, -0.25) is 9.78 Å². The summed E-state index contributed by atoms with van der Waals surface area (Å²) in [4.78, 5) is 14.5. The Hall–Kier alpha value is -1.42. The van der Waals surface area contributed by atoms with Crippen molar-refractivity contribution in [3.05, 3.63) is 40.5 Å². The molecule has 0 bridgehead atoms. The standard InChI is InChI=1S/C12H10BrNO2/c13-11-7-9(5-6-16-8-15)14-12-4-2-1-3-10(11)12/h1-4,7-8H,5-6H2. The van der Waals surface area contributed by atoms with Crippen molar-refractivity contribution in [1.29, 1.82) is 0 Å². The summed E-state index contributed by atoms with van der Waals surface area (Å²) in [5.74, 6) is 0. The summed E-state index contributed by atoms with van der Waals surface area (Å²) in [5, 5.41) is 1.09. The number of nitrogens with zero attached hydrogens (tertiary/aromatic N) is 1. The summed E-state index contributed by atoms with van der Waals surface area (Å²) in [6.45, 7) is 0.817. The lowest BCUT2D eigenvalue weighted by molar-refractivity contribution is -0.128. The number of halogens is 1. The minimum Gasteiger partial charge on any atom is -0.467 e. The van der Waals surface area contributed by atoms with Crippen LogP contribution < -0.4 is 0 Å². The van der Waals surface area contributed by atoms with Crippen LogP contribution in [0.1, 0.15) is 5.69 Å². The second-order valence-electron chi connectivity index (χ2n) is 3.33. The topological polar surface area (TPSA) is 39.2 Å². The SMILES string of the molecule is O=COCCc1cc(Br)c2ccccc2n1. The Morgan fingerprint density at radius 2 is 2.19 bits per heavy atom. The maximum atomic E-state index is 10.0. The summed E-state index contributed by atoms with van der Waals surface area (Å²) in [5.41, 5.74) is 1.85. The van der Waals surface area contributed by atoms with Crippen molar-refractivity contribution in [2.45, 2.75) is 6.42 Å². The summed E-state index contributed by atoms with van der Waals surface area (Å²) in [7, 11) is 0. The number of ether oxygens (including phenoxy) is 1. The lowest BCUT2D eigenvalue weighted by Crippen LogP contribution is -1.99. The molecule has 0 aliphatic heterocycles. The lowest BCUT2D eigenvalue weighted by atomic mass is 10.2. The minimum atomic E-state index is 0.362. The molecule has 0 N–H and O–H groups in total. The molecule has 16 heavy (non-hydrogen) atoms. The van der Waals surface area contributed by atoms with E-state index in [1.807, 2.05) is 30.3 Å². The number of benzene rings is 1. The van der Waals surface area contributed by atoms with Crippen LogP contribution >= 0.6 is 15.9 Å². The van der Waals surface area contributed by atoms with Crippen LogP contribution in [0.25, 0.3) is 10.9 Å². The number of hydrogen-bond donors (Lipinski definition) is 0. The van der Waals surface area contributed by atoms with E-state index in [0.29, 0.717) is 19.5 Å². The van der Waals surface area contributed by atoms with Crippen LogP contribution in [-0.4, -0.2) is 18.1 Å². The molecule has 0 aliphatic carbocycles. The van der Waals surface area contributed by atoms with E-state index >= 15 is 0 Å². The van der Waals surface area contributed by atoms with Crippen LogP contribution in [0.15, 0.2) is 34.8 Å². The van der Waals surface area contributed by atoms with Gasteiger partial charge in [0.15, 0.2) is 0 Å². The van der Waals surface area contributed by atoms with Gasteiger partial charge in [-0.05, 0) is 12.1 Å². The fourth-order valence-corrected chi connectivity index (χ4v) is 2.12. The number of aromatic nitrogens is 1. The minimum absolute atomic E-state index is 0.362. The van der Waals surface area contributed by atoms with E-state index in [1.54, 1.807) is 0 Å². The van der Waals surface area contributed by atoms with Crippen LogP contribution in [0.4, 0.5) is 0 Å². The number of hydrogen-bond acceptors (Lipinski definition) is 3. The van der Waals surface area contributed by atoms with Crippen LogP contribution in [-0.2, 0) is 16.0 Å². The highest BCUT2D eigenvalue weighted by molar-refractivity contribution is 9.10. The average Bonchev–Trinajstić information content (AvgIpc) is 2.30. The Labute approximate surface area is 102 Å². The van der Waals surface area contributed by atoms with Crippen LogP contribution in [0.2, 0.25) is 0 Å². The number of pyridine rings is 1. The first-order valence-corrected chi connectivity index (χ1v) is 5.70. The number of fused-ring (bicyclic) bond motifs is 1. The van der Waals surface area contributed by atoms with Gasteiger partial charge < -0.3 is 4.74 Å². The van der Waals surface area contributed by atoms with Gasteiger partial charge in [-0.1, -0.05) is 34.1 Å². The smallest absolute Gasteiger partial charge is 0.293 e. The van der Waals surface area contributed by atoms with Crippen molar-refractivity contribution >= 4 is 33.3 Å². The molecule has 0 spiro atoms. The summed E-state index contributed by atoms with van der Waals surface area (Å²) < 4.78 is 5.67. The monoisotopic (exact) mass is 279 g/mol. The molecule has 0 fully saturated rings. The van der Waals surface area contributed by atoms with Crippen molar-refractivity contribution in [2.75, 3.05) is 6.61 Å². The predicted molar refractivity (Wildman–Crippen MR) is 65.2 cm³/mol. The Kier molecular flexibility index (Phi) is 3.51. The normalized spacial score (nSPS) is 10.3. The fraction of sp³-hybridized carbons (Fsp3) is 0.167. The molecule has 1 aromatic carbocycles. The van der Waals surface area contributed by atoms with Gasteiger partial charge in [-0.25, -0.2) is 0 Å². The lowest BCUT2D eigenvalue weighted by Gasteiger charge is -2.04. The fourth-order valence-electron chi connectivity index (χ4n) is 1.52. The van der Waals surface area contributed by atoms with Gasteiger partial charge in [-0.15, -0.1) is 0 Å². The van der Waals surface area contributed by atoms with E-state index in [-0.39, 0.29) is 0 Å². The van der Waals surface area contributed by atoms with E-state index in [9.17, 15) is 4.79 Å². The zero-order valence-electron chi connectivity index (χ0n) is 8.52. The Bertz CT molecular complexity index is 513. The molecule has 0 saturated carbocycles. The second-order valence-corrected chi connectivity index (χ2v) is 4.18. The Morgan fingerprint density at radius 3 is 3.00 bits per heavy atom. The predicted octanol–water partition coefficient (Wildman–Crippen LogP) is 2.71. The average molecular weight is 280 g/mol. The van der Waals surface area contributed by atoms with Gasteiger partial charge in [0.1, 0.15) is 0 Å². The second kappa shape index (κ2) is 5.07. The first-order chi connectivity index (χ1) is 7.81. The maximum absolute atomic E-state index is 10.0. The van der Waals surface area contributed by atoms with Gasteiger partial charge >= 0.3 is 0 Å². The quantitative estimate of drug-likeness (QED) is 0.638. The zero-order valence-corrected chi connectivity index (χ0v) is 10.1.